The number of hydrogen-bond donors (Lipinski definition) is 3. The van der Waals surface area contributed by atoms with Crippen LogP contribution in [0.25, 0.3) is 0 Å². The predicted octanol–water partition coefficient (Wildman–Crippen LogP) is 5.19. The van der Waals surface area contributed by atoms with Gasteiger partial charge in [0.25, 0.3) is 0 Å². The Bertz CT molecular complexity index is 856. The molecule has 0 spiro atoms. The Labute approximate surface area is 207 Å². The maximum Gasteiger partial charge on any atom is 0.247 e. The first-order valence-electron chi connectivity index (χ1n) is 13.2. The minimum absolute atomic E-state index is 0.0418. The van der Waals surface area contributed by atoms with Gasteiger partial charge >= 0.3 is 0 Å². The molecule has 1 saturated carbocycles. The zero-order chi connectivity index (χ0) is 25.3. The molecule has 1 heterocycles. The van der Waals surface area contributed by atoms with Gasteiger partial charge in [-0.1, -0.05) is 58.3 Å². The van der Waals surface area contributed by atoms with Crippen LogP contribution in [0.15, 0.2) is 24.3 Å². The Morgan fingerprint density at radius 2 is 1.80 bits per heavy atom. The van der Waals surface area contributed by atoms with Crippen LogP contribution in [0.1, 0.15) is 90.4 Å². The molecule has 3 amide bonds. The lowest BCUT2D eigenvalue weighted by molar-refractivity contribution is -0.147. The molecule has 1 aliphatic carbocycles. The van der Waals surface area contributed by atoms with Gasteiger partial charge in [0.2, 0.25) is 17.7 Å². The maximum absolute atomic E-state index is 13.9. The van der Waals surface area contributed by atoms with Crippen LogP contribution >= 0.6 is 0 Å². The first kappa shape index (κ1) is 27.1. The Balaban J connectivity index is 1.81. The van der Waals surface area contributed by atoms with E-state index in [0.29, 0.717) is 25.1 Å². The number of nitrogens with zero attached hydrogens (tertiary/aromatic N) is 1. The Kier molecular flexibility index (Phi) is 10.1. The highest BCUT2D eigenvalue weighted by molar-refractivity contribution is 5.99. The fraction of sp³-hybridized carbons (Fsp3) is 0.667. The van der Waals surface area contributed by atoms with Gasteiger partial charge in [0.15, 0.2) is 0 Å². The topological polar surface area (TPSA) is 98.7 Å². The number of carbonyl (C=O) groups is 3. The fourth-order valence-corrected chi connectivity index (χ4v) is 5.82. The van der Waals surface area contributed by atoms with Crippen LogP contribution in [-0.2, 0) is 14.4 Å². The van der Waals surface area contributed by atoms with E-state index < -0.39 is 17.4 Å². The van der Waals surface area contributed by atoms with Crippen molar-refractivity contribution in [3.8, 4) is 0 Å². The van der Waals surface area contributed by atoms with Crippen molar-refractivity contribution < 1.29 is 24.0 Å². The second-order valence-electron chi connectivity index (χ2n) is 10.2. The summed E-state index contributed by atoms with van der Waals surface area (Å²) < 4.78 is 13.3. The van der Waals surface area contributed by atoms with E-state index in [1.54, 1.807) is 10.4 Å². The summed E-state index contributed by atoms with van der Waals surface area (Å²) in [7, 11) is 0. The smallest absolute Gasteiger partial charge is 0.247 e. The van der Waals surface area contributed by atoms with E-state index >= 15 is 0 Å². The van der Waals surface area contributed by atoms with Crippen LogP contribution in [-0.4, -0.2) is 40.4 Å². The van der Waals surface area contributed by atoms with Crippen molar-refractivity contribution in [3.05, 3.63) is 30.1 Å². The molecule has 1 aromatic carbocycles. The molecule has 3 N–H and O–H groups in total. The van der Waals surface area contributed by atoms with Crippen molar-refractivity contribution in [2.45, 2.75) is 96.4 Å². The molecule has 0 aromatic heterocycles. The lowest BCUT2D eigenvalue weighted by Gasteiger charge is -2.37. The maximum atomic E-state index is 13.9. The van der Waals surface area contributed by atoms with Crippen molar-refractivity contribution in [2.24, 2.45) is 11.3 Å². The molecule has 8 heteroatoms. The number of nitrogens with one attached hydrogen (secondary N) is 2. The number of hydrogen-bond acceptors (Lipinski definition) is 4. The van der Waals surface area contributed by atoms with Crippen LogP contribution in [0.3, 0.4) is 0 Å². The Morgan fingerprint density at radius 3 is 2.46 bits per heavy atom. The summed E-state index contributed by atoms with van der Waals surface area (Å²) >= 11 is 0. The first-order chi connectivity index (χ1) is 16.9. The van der Waals surface area contributed by atoms with E-state index in [1.165, 1.54) is 24.3 Å². The number of amides is 3. The van der Waals surface area contributed by atoms with Gasteiger partial charge in [0.1, 0.15) is 11.9 Å². The third-order valence-electron chi connectivity index (χ3n) is 7.74. The van der Waals surface area contributed by atoms with E-state index in [9.17, 15) is 24.0 Å². The van der Waals surface area contributed by atoms with E-state index in [0.717, 1.165) is 64.2 Å². The predicted molar refractivity (Wildman–Crippen MR) is 132 cm³/mol. The normalized spacial score (nSPS) is 21.7. The number of rotatable bonds is 12. The summed E-state index contributed by atoms with van der Waals surface area (Å²) in [6.45, 7) is 2.55. The molecule has 7 nitrogen and oxygen atoms in total. The zero-order valence-corrected chi connectivity index (χ0v) is 20.9. The number of benzene rings is 1. The number of hydroxylamine groups is 1. The van der Waals surface area contributed by atoms with Gasteiger partial charge in [-0.3, -0.25) is 19.6 Å². The number of unbranched alkanes of at least 4 members (excludes halogenated alkanes) is 4. The second-order valence-corrected chi connectivity index (χ2v) is 10.2. The summed E-state index contributed by atoms with van der Waals surface area (Å²) in [5.74, 6) is -1.34. The van der Waals surface area contributed by atoms with Crippen molar-refractivity contribution in [1.82, 2.24) is 10.4 Å². The molecule has 1 aliphatic heterocycles. The highest BCUT2D eigenvalue weighted by Gasteiger charge is 2.51. The summed E-state index contributed by atoms with van der Waals surface area (Å²) in [4.78, 5) is 41.3. The number of likely N-dealkylation sites (tertiary alicyclic amines) is 1. The van der Waals surface area contributed by atoms with Gasteiger partial charge in [-0.2, -0.15) is 0 Å². The van der Waals surface area contributed by atoms with Crippen molar-refractivity contribution in [3.63, 3.8) is 0 Å². The summed E-state index contributed by atoms with van der Waals surface area (Å²) in [6, 6.07) is 4.99. The standard InChI is InChI=1S/C27H40FN3O4/c1-2-3-4-5-9-16-27(19-23(32)30-35)17-18-31(26(27)34)24(20-10-7-6-8-11-20)25(33)29-22-14-12-21(28)13-15-22/h12-15,20,24,35H,2-11,16-19H2,1H3,(H,29,33)(H,30,32). The van der Waals surface area contributed by atoms with Crippen molar-refractivity contribution >= 4 is 23.4 Å². The third-order valence-corrected chi connectivity index (χ3v) is 7.74. The van der Waals surface area contributed by atoms with Gasteiger partial charge in [0.05, 0.1) is 5.41 Å². The van der Waals surface area contributed by atoms with E-state index in [-0.39, 0.29) is 30.0 Å². The molecule has 1 saturated heterocycles. The molecule has 2 atom stereocenters. The molecule has 2 aliphatic rings. The van der Waals surface area contributed by atoms with Crippen molar-refractivity contribution in [2.75, 3.05) is 11.9 Å². The average molecular weight is 490 g/mol. The monoisotopic (exact) mass is 489 g/mol. The Hall–Kier alpha value is -2.48. The minimum atomic E-state index is -0.901. The minimum Gasteiger partial charge on any atom is -0.330 e. The fourth-order valence-electron chi connectivity index (χ4n) is 5.82. The summed E-state index contributed by atoms with van der Waals surface area (Å²) in [5.41, 5.74) is 1.29. The lowest BCUT2D eigenvalue weighted by atomic mass is 9.77. The molecule has 0 bridgehead atoms. The second kappa shape index (κ2) is 13.0. The van der Waals surface area contributed by atoms with Gasteiger partial charge < -0.3 is 10.2 Å². The van der Waals surface area contributed by atoms with Crippen LogP contribution in [0.2, 0.25) is 0 Å². The van der Waals surface area contributed by atoms with Gasteiger partial charge in [0, 0.05) is 18.7 Å². The molecule has 0 radical (unpaired) electrons. The molecular weight excluding hydrogens is 449 g/mol. The SMILES string of the molecule is CCCCCCCC1(CC(=O)NO)CCN(C(C(=O)Nc2ccc(F)cc2)C2CCCCC2)C1=O. The summed E-state index contributed by atoms with van der Waals surface area (Å²) in [5, 5.41) is 12.1. The third kappa shape index (κ3) is 7.03. The molecule has 3 rings (SSSR count). The highest BCUT2D eigenvalue weighted by atomic mass is 19.1. The molecule has 194 valence electrons. The van der Waals surface area contributed by atoms with E-state index in [1.807, 2.05) is 0 Å². The average Bonchev–Trinajstić information content (AvgIpc) is 3.16. The molecule has 2 unspecified atom stereocenters. The Morgan fingerprint density at radius 1 is 1.11 bits per heavy atom. The van der Waals surface area contributed by atoms with E-state index in [4.69, 9.17) is 0 Å². The quantitative estimate of drug-likeness (QED) is 0.214. The first-order valence-corrected chi connectivity index (χ1v) is 13.2. The van der Waals surface area contributed by atoms with Crippen LogP contribution in [0.5, 0.6) is 0 Å². The largest absolute Gasteiger partial charge is 0.330 e. The molecular formula is C27H40FN3O4. The molecule has 1 aromatic rings. The number of anilines is 1. The zero-order valence-electron chi connectivity index (χ0n) is 20.9. The van der Waals surface area contributed by atoms with E-state index in [2.05, 4.69) is 12.2 Å². The van der Waals surface area contributed by atoms with Gasteiger partial charge in [-0.25, -0.2) is 9.87 Å². The van der Waals surface area contributed by atoms with Crippen LogP contribution in [0, 0.1) is 17.2 Å². The van der Waals surface area contributed by atoms with Crippen molar-refractivity contribution in [1.29, 1.82) is 0 Å². The molecule has 2 fully saturated rings. The number of carbonyl (C=O) groups excluding carboxylic acids is 3. The lowest BCUT2D eigenvalue weighted by Crippen LogP contribution is -2.52. The van der Waals surface area contributed by atoms with Gasteiger partial charge in [-0.05, 0) is 55.9 Å². The molecule has 35 heavy (non-hydrogen) atoms. The van der Waals surface area contributed by atoms with Gasteiger partial charge in [-0.15, -0.1) is 0 Å². The number of halogens is 1. The van der Waals surface area contributed by atoms with Crippen LogP contribution in [0.4, 0.5) is 10.1 Å². The highest BCUT2D eigenvalue weighted by Crippen LogP contribution is 2.43. The summed E-state index contributed by atoms with van der Waals surface area (Å²) in [6.07, 6.45) is 11.0. The van der Waals surface area contributed by atoms with Crippen LogP contribution < -0.4 is 10.8 Å².